The molecule has 5 heteroatoms. The zero-order valence-electron chi connectivity index (χ0n) is 10.4. The lowest BCUT2D eigenvalue weighted by atomic mass is 10.1. The van der Waals surface area contributed by atoms with Crippen LogP contribution in [0.3, 0.4) is 0 Å². The van der Waals surface area contributed by atoms with Gasteiger partial charge in [-0.1, -0.05) is 6.07 Å². The summed E-state index contributed by atoms with van der Waals surface area (Å²) < 4.78 is 13.3. The first-order valence-electron chi connectivity index (χ1n) is 6.15. The maximum absolute atomic E-state index is 13.3. The molecule has 0 bridgehead atoms. The second-order valence-corrected chi connectivity index (χ2v) is 4.57. The molecule has 2 rings (SSSR count). The Bertz CT molecular complexity index is 438. The van der Waals surface area contributed by atoms with E-state index in [1.165, 1.54) is 12.1 Å². The predicted octanol–water partition coefficient (Wildman–Crippen LogP) is 0.868. The third-order valence-electron chi connectivity index (χ3n) is 3.30. The van der Waals surface area contributed by atoms with E-state index in [4.69, 9.17) is 5.73 Å². The summed E-state index contributed by atoms with van der Waals surface area (Å²) in [6.45, 7) is 2.86. The highest BCUT2D eigenvalue weighted by atomic mass is 19.1. The normalized spacial score (nSPS) is 24.6. The number of hydrogen-bond acceptors (Lipinski definition) is 3. The second kappa shape index (κ2) is 5.35. The Morgan fingerprint density at radius 3 is 3.00 bits per heavy atom. The number of nitrogens with one attached hydrogen (secondary N) is 1. The van der Waals surface area contributed by atoms with Crippen molar-refractivity contribution < 1.29 is 9.18 Å². The van der Waals surface area contributed by atoms with E-state index in [1.54, 1.807) is 12.1 Å². The summed E-state index contributed by atoms with van der Waals surface area (Å²) in [5.41, 5.74) is 6.40. The first kappa shape index (κ1) is 12.8. The third-order valence-corrected chi connectivity index (χ3v) is 3.30. The van der Waals surface area contributed by atoms with E-state index in [0.29, 0.717) is 12.2 Å². The van der Waals surface area contributed by atoms with Crippen molar-refractivity contribution in [1.82, 2.24) is 5.32 Å². The van der Waals surface area contributed by atoms with Crippen LogP contribution in [-0.2, 0) is 4.79 Å². The molecule has 1 aromatic rings. The average molecular weight is 251 g/mol. The van der Waals surface area contributed by atoms with Gasteiger partial charge in [0.25, 0.3) is 0 Å². The molecule has 2 unspecified atom stereocenters. The SMILES string of the molecule is CC1CCNC(=O)C(CN)N1c1cccc(F)c1. The van der Waals surface area contributed by atoms with E-state index in [9.17, 15) is 9.18 Å². The number of nitrogens with zero attached hydrogens (tertiary/aromatic N) is 1. The van der Waals surface area contributed by atoms with E-state index in [0.717, 1.165) is 6.42 Å². The maximum atomic E-state index is 13.3. The lowest BCUT2D eigenvalue weighted by Gasteiger charge is -2.34. The van der Waals surface area contributed by atoms with Crippen LogP contribution in [0, 0.1) is 5.82 Å². The van der Waals surface area contributed by atoms with Gasteiger partial charge in [0, 0.05) is 24.8 Å². The minimum atomic E-state index is -0.440. The molecule has 1 aliphatic heterocycles. The van der Waals surface area contributed by atoms with Gasteiger partial charge in [0.05, 0.1) is 0 Å². The molecule has 1 heterocycles. The van der Waals surface area contributed by atoms with Gasteiger partial charge in [-0.25, -0.2) is 4.39 Å². The summed E-state index contributed by atoms with van der Waals surface area (Å²) in [7, 11) is 0. The van der Waals surface area contributed by atoms with Crippen LogP contribution in [0.15, 0.2) is 24.3 Å². The smallest absolute Gasteiger partial charge is 0.244 e. The average Bonchev–Trinajstić information content (AvgIpc) is 2.48. The Morgan fingerprint density at radius 2 is 2.33 bits per heavy atom. The molecule has 2 atom stereocenters. The molecule has 1 aliphatic rings. The van der Waals surface area contributed by atoms with Crippen LogP contribution in [0.2, 0.25) is 0 Å². The highest BCUT2D eigenvalue weighted by Crippen LogP contribution is 2.23. The van der Waals surface area contributed by atoms with Crippen LogP contribution < -0.4 is 16.0 Å². The molecule has 0 radical (unpaired) electrons. The number of amides is 1. The number of hydrogen-bond donors (Lipinski definition) is 2. The van der Waals surface area contributed by atoms with Crippen molar-refractivity contribution in [2.75, 3.05) is 18.0 Å². The van der Waals surface area contributed by atoms with E-state index < -0.39 is 6.04 Å². The Hall–Kier alpha value is -1.62. The van der Waals surface area contributed by atoms with E-state index in [-0.39, 0.29) is 24.3 Å². The summed E-state index contributed by atoms with van der Waals surface area (Å²) in [5, 5.41) is 2.84. The van der Waals surface area contributed by atoms with Crippen LogP contribution in [0.5, 0.6) is 0 Å². The fourth-order valence-electron chi connectivity index (χ4n) is 2.39. The van der Waals surface area contributed by atoms with Crippen LogP contribution in [0.4, 0.5) is 10.1 Å². The lowest BCUT2D eigenvalue weighted by molar-refractivity contribution is -0.121. The summed E-state index contributed by atoms with van der Waals surface area (Å²) in [5.74, 6) is -0.397. The third kappa shape index (κ3) is 2.46. The summed E-state index contributed by atoms with van der Waals surface area (Å²) in [6, 6.07) is 5.99. The van der Waals surface area contributed by atoms with Crippen molar-refractivity contribution in [2.45, 2.75) is 25.4 Å². The van der Waals surface area contributed by atoms with Gasteiger partial charge in [0.15, 0.2) is 0 Å². The molecule has 0 aromatic heterocycles. The van der Waals surface area contributed by atoms with Crippen molar-refractivity contribution in [3.05, 3.63) is 30.1 Å². The fourth-order valence-corrected chi connectivity index (χ4v) is 2.39. The number of benzene rings is 1. The van der Waals surface area contributed by atoms with Crippen molar-refractivity contribution >= 4 is 11.6 Å². The molecular weight excluding hydrogens is 233 g/mol. The van der Waals surface area contributed by atoms with Gasteiger partial charge in [-0.2, -0.15) is 0 Å². The van der Waals surface area contributed by atoms with Gasteiger partial charge < -0.3 is 16.0 Å². The first-order chi connectivity index (χ1) is 8.63. The monoisotopic (exact) mass is 251 g/mol. The minimum absolute atomic E-state index is 0.0916. The number of carbonyl (C=O) groups is 1. The van der Waals surface area contributed by atoms with Crippen molar-refractivity contribution in [3.63, 3.8) is 0 Å². The minimum Gasteiger partial charge on any atom is -0.356 e. The molecule has 4 nitrogen and oxygen atoms in total. The molecule has 1 amide bonds. The van der Waals surface area contributed by atoms with Crippen LogP contribution >= 0.6 is 0 Å². The Kier molecular flexibility index (Phi) is 3.81. The second-order valence-electron chi connectivity index (χ2n) is 4.57. The molecule has 0 saturated carbocycles. The van der Waals surface area contributed by atoms with E-state index >= 15 is 0 Å². The molecule has 18 heavy (non-hydrogen) atoms. The Morgan fingerprint density at radius 1 is 1.56 bits per heavy atom. The molecule has 0 spiro atoms. The predicted molar refractivity (Wildman–Crippen MR) is 68.8 cm³/mol. The molecule has 1 fully saturated rings. The molecule has 0 aliphatic carbocycles. The van der Waals surface area contributed by atoms with E-state index in [1.807, 2.05) is 11.8 Å². The van der Waals surface area contributed by atoms with Crippen LogP contribution in [0.1, 0.15) is 13.3 Å². The highest BCUT2D eigenvalue weighted by molar-refractivity contribution is 5.86. The van der Waals surface area contributed by atoms with Crippen LogP contribution in [0.25, 0.3) is 0 Å². The Labute approximate surface area is 106 Å². The van der Waals surface area contributed by atoms with Crippen molar-refractivity contribution in [1.29, 1.82) is 0 Å². The number of anilines is 1. The van der Waals surface area contributed by atoms with Gasteiger partial charge in [-0.15, -0.1) is 0 Å². The molecule has 1 aromatic carbocycles. The van der Waals surface area contributed by atoms with Gasteiger partial charge in [0.2, 0.25) is 5.91 Å². The van der Waals surface area contributed by atoms with Crippen molar-refractivity contribution in [2.24, 2.45) is 5.73 Å². The number of rotatable bonds is 2. The topological polar surface area (TPSA) is 58.4 Å². The Balaban J connectivity index is 2.38. The van der Waals surface area contributed by atoms with Gasteiger partial charge in [-0.3, -0.25) is 4.79 Å². The molecular formula is C13H18FN3O. The standard InChI is InChI=1S/C13H18FN3O/c1-9-5-6-16-13(18)12(8-15)17(9)11-4-2-3-10(14)7-11/h2-4,7,9,12H,5-6,8,15H2,1H3,(H,16,18). The number of nitrogens with two attached hydrogens (primary N) is 1. The van der Waals surface area contributed by atoms with E-state index in [2.05, 4.69) is 5.32 Å². The zero-order valence-corrected chi connectivity index (χ0v) is 10.4. The van der Waals surface area contributed by atoms with Gasteiger partial charge in [0.1, 0.15) is 11.9 Å². The summed E-state index contributed by atoms with van der Waals surface area (Å²) in [4.78, 5) is 13.8. The molecule has 3 N–H and O–H groups in total. The van der Waals surface area contributed by atoms with Gasteiger partial charge >= 0.3 is 0 Å². The summed E-state index contributed by atoms with van der Waals surface area (Å²) in [6.07, 6.45) is 0.818. The zero-order chi connectivity index (χ0) is 13.1. The maximum Gasteiger partial charge on any atom is 0.244 e. The quantitative estimate of drug-likeness (QED) is 0.820. The first-order valence-corrected chi connectivity index (χ1v) is 6.15. The van der Waals surface area contributed by atoms with Crippen LogP contribution in [-0.4, -0.2) is 31.1 Å². The largest absolute Gasteiger partial charge is 0.356 e. The summed E-state index contributed by atoms with van der Waals surface area (Å²) >= 11 is 0. The highest BCUT2D eigenvalue weighted by Gasteiger charge is 2.31. The number of carbonyl (C=O) groups excluding carboxylic acids is 1. The van der Waals surface area contributed by atoms with Gasteiger partial charge in [-0.05, 0) is 31.5 Å². The van der Waals surface area contributed by atoms with Crippen molar-refractivity contribution in [3.8, 4) is 0 Å². The fraction of sp³-hybridized carbons (Fsp3) is 0.462. The number of halogens is 1. The molecule has 1 saturated heterocycles. The lowest BCUT2D eigenvalue weighted by Crippen LogP contribution is -2.51. The molecule has 98 valence electrons.